The van der Waals surface area contributed by atoms with Crippen LogP contribution >= 0.6 is 11.6 Å². The Labute approximate surface area is 168 Å². The fourth-order valence-corrected chi connectivity index (χ4v) is 3.48. The molecule has 0 atom stereocenters. The molecule has 28 heavy (non-hydrogen) atoms. The minimum absolute atomic E-state index is 0.657. The molecule has 0 saturated heterocycles. The highest BCUT2D eigenvalue weighted by Gasteiger charge is 2.16. The molecule has 0 spiro atoms. The van der Waals surface area contributed by atoms with E-state index in [0.717, 1.165) is 39.2 Å². The average molecular weight is 394 g/mol. The summed E-state index contributed by atoms with van der Waals surface area (Å²) in [5, 5.41) is 5.49. The third-order valence-corrected chi connectivity index (χ3v) is 4.81. The van der Waals surface area contributed by atoms with Crippen molar-refractivity contribution >= 4 is 22.5 Å². The summed E-state index contributed by atoms with van der Waals surface area (Å²) in [4.78, 5) is 7.10. The third-order valence-electron chi connectivity index (χ3n) is 4.58. The number of aromatic nitrogens is 2. The van der Waals surface area contributed by atoms with Gasteiger partial charge in [-0.2, -0.15) is 0 Å². The number of pyridine rings is 1. The number of fused-ring (bicyclic) bond motifs is 1. The van der Waals surface area contributed by atoms with Gasteiger partial charge in [0.15, 0.2) is 5.76 Å². The first kappa shape index (κ1) is 18.5. The van der Waals surface area contributed by atoms with E-state index >= 15 is 0 Å². The number of ether oxygens (including phenoxy) is 1. The van der Waals surface area contributed by atoms with Gasteiger partial charge in [0.25, 0.3) is 0 Å². The Bertz CT molecular complexity index is 1100. The lowest BCUT2D eigenvalue weighted by Gasteiger charge is -2.19. The summed E-state index contributed by atoms with van der Waals surface area (Å²) in [7, 11) is 3.72. The zero-order valence-electron chi connectivity index (χ0n) is 15.7. The topological polar surface area (TPSA) is 51.4 Å². The molecular formula is C22H20ClN3O2. The molecular weight excluding hydrogens is 374 g/mol. The number of para-hydroxylation sites is 1. The van der Waals surface area contributed by atoms with Crippen molar-refractivity contribution in [2.75, 3.05) is 14.2 Å². The van der Waals surface area contributed by atoms with E-state index in [0.29, 0.717) is 18.1 Å². The first-order chi connectivity index (χ1) is 13.6. The van der Waals surface area contributed by atoms with E-state index in [2.05, 4.69) is 16.1 Å². The summed E-state index contributed by atoms with van der Waals surface area (Å²) in [6.07, 6.45) is 1.66. The normalized spacial score (nSPS) is 11.3. The van der Waals surface area contributed by atoms with Crippen LogP contribution < -0.4 is 4.74 Å². The number of nitrogens with zero attached hydrogens (tertiary/aromatic N) is 3. The van der Waals surface area contributed by atoms with Crippen molar-refractivity contribution in [3.8, 4) is 17.0 Å². The van der Waals surface area contributed by atoms with Crippen molar-refractivity contribution in [2.45, 2.75) is 13.1 Å². The molecule has 0 aliphatic rings. The zero-order valence-corrected chi connectivity index (χ0v) is 16.5. The monoisotopic (exact) mass is 393 g/mol. The molecule has 142 valence electrons. The predicted octanol–water partition coefficient (Wildman–Crippen LogP) is 5.18. The Balaban J connectivity index is 1.79. The predicted molar refractivity (Wildman–Crippen MR) is 110 cm³/mol. The third kappa shape index (κ3) is 3.86. The van der Waals surface area contributed by atoms with Gasteiger partial charge >= 0.3 is 0 Å². The summed E-state index contributed by atoms with van der Waals surface area (Å²) >= 11 is 6.19. The highest BCUT2D eigenvalue weighted by atomic mass is 35.5. The Morgan fingerprint density at radius 1 is 1.07 bits per heavy atom. The van der Waals surface area contributed by atoms with Gasteiger partial charge in [-0.05, 0) is 42.9 Å². The summed E-state index contributed by atoms with van der Waals surface area (Å²) in [6.45, 7) is 1.35. The minimum atomic E-state index is 0.657. The molecule has 0 bridgehead atoms. The summed E-state index contributed by atoms with van der Waals surface area (Å²) in [5.41, 5.74) is 3.79. The lowest BCUT2D eigenvalue weighted by molar-refractivity contribution is 0.267. The molecule has 2 heterocycles. The Morgan fingerprint density at radius 2 is 1.93 bits per heavy atom. The van der Waals surface area contributed by atoms with E-state index < -0.39 is 0 Å². The summed E-state index contributed by atoms with van der Waals surface area (Å²) in [5.74, 6) is 1.61. The van der Waals surface area contributed by atoms with Gasteiger partial charge in [-0.1, -0.05) is 35.0 Å². The van der Waals surface area contributed by atoms with Crippen molar-refractivity contribution in [3.05, 3.63) is 77.1 Å². The SMILES string of the molecule is COc1ccccc1-c1nc2cc(Cl)ccc2cc1CN(C)Cc1ccno1. The van der Waals surface area contributed by atoms with E-state index in [1.54, 1.807) is 13.3 Å². The molecule has 0 aliphatic heterocycles. The quantitative estimate of drug-likeness (QED) is 0.451. The van der Waals surface area contributed by atoms with Crippen LogP contribution in [0.15, 0.2) is 65.3 Å². The van der Waals surface area contributed by atoms with Crippen LogP contribution in [-0.4, -0.2) is 29.2 Å². The van der Waals surface area contributed by atoms with Gasteiger partial charge in [0.2, 0.25) is 0 Å². The highest BCUT2D eigenvalue weighted by Crippen LogP contribution is 2.33. The second-order valence-corrected chi connectivity index (χ2v) is 7.12. The smallest absolute Gasteiger partial charge is 0.150 e. The first-order valence-corrected chi connectivity index (χ1v) is 9.32. The molecule has 0 radical (unpaired) electrons. The van der Waals surface area contributed by atoms with E-state index in [1.807, 2.05) is 55.6 Å². The number of methoxy groups -OCH3 is 1. The van der Waals surface area contributed by atoms with Gasteiger partial charge in [0, 0.05) is 28.6 Å². The van der Waals surface area contributed by atoms with Crippen LogP contribution in [0.4, 0.5) is 0 Å². The number of hydrogen-bond donors (Lipinski definition) is 0. The van der Waals surface area contributed by atoms with Gasteiger partial charge in [-0.25, -0.2) is 4.98 Å². The molecule has 2 aromatic carbocycles. The van der Waals surface area contributed by atoms with Crippen LogP contribution in [0.1, 0.15) is 11.3 Å². The molecule has 6 heteroatoms. The summed E-state index contributed by atoms with van der Waals surface area (Å²) in [6, 6.07) is 17.7. The van der Waals surface area contributed by atoms with Gasteiger partial charge in [-0.3, -0.25) is 4.90 Å². The van der Waals surface area contributed by atoms with Crippen LogP contribution in [0.5, 0.6) is 5.75 Å². The van der Waals surface area contributed by atoms with Crippen LogP contribution in [0, 0.1) is 0 Å². The lowest BCUT2D eigenvalue weighted by Crippen LogP contribution is -2.17. The number of halogens is 1. The Hall–Kier alpha value is -2.89. The second-order valence-electron chi connectivity index (χ2n) is 6.68. The number of benzene rings is 2. The molecule has 5 nitrogen and oxygen atoms in total. The van der Waals surface area contributed by atoms with Crippen molar-refractivity contribution in [3.63, 3.8) is 0 Å². The van der Waals surface area contributed by atoms with E-state index in [-0.39, 0.29) is 0 Å². The van der Waals surface area contributed by atoms with Crippen molar-refractivity contribution < 1.29 is 9.26 Å². The van der Waals surface area contributed by atoms with Gasteiger partial charge in [-0.15, -0.1) is 0 Å². The maximum absolute atomic E-state index is 6.19. The standard InChI is InChI=1S/C22H20ClN3O2/c1-26(14-18-9-10-24-28-18)13-16-11-15-7-8-17(23)12-20(15)25-22(16)19-5-3-4-6-21(19)27-2/h3-12H,13-14H2,1-2H3. The molecule has 0 saturated carbocycles. The second kappa shape index (κ2) is 8.00. The van der Waals surface area contributed by atoms with Crippen LogP contribution in [0.3, 0.4) is 0 Å². The fraction of sp³-hybridized carbons (Fsp3) is 0.182. The Morgan fingerprint density at radius 3 is 2.71 bits per heavy atom. The van der Waals surface area contributed by atoms with Crippen molar-refractivity contribution in [1.82, 2.24) is 15.0 Å². The molecule has 0 N–H and O–H groups in total. The van der Waals surface area contributed by atoms with E-state index in [9.17, 15) is 0 Å². The number of rotatable bonds is 6. The van der Waals surface area contributed by atoms with Gasteiger partial charge < -0.3 is 9.26 Å². The molecule has 0 unspecified atom stereocenters. The maximum Gasteiger partial charge on any atom is 0.150 e. The fourth-order valence-electron chi connectivity index (χ4n) is 3.31. The van der Waals surface area contributed by atoms with Crippen molar-refractivity contribution in [1.29, 1.82) is 0 Å². The zero-order chi connectivity index (χ0) is 19.5. The molecule has 0 amide bonds. The van der Waals surface area contributed by atoms with Gasteiger partial charge in [0.05, 0.1) is 31.1 Å². The van der Waals surface area contributed by atoms with Gasteiger partial charge in [0.1, 0.15) is 5.75 Å². The molecule has 4 aromatic rings. The molecule has 0 aliphatic carbocycles. The lowest BCUT2D eigenvalue weighted by atomic mass is 10.0. The average Bonchev–Trinajstić information content (AvgIpc) is 3.20. The van der Waals surface area contributed by atoms with Crippen LogP contribution in [-0.2, 0) is 13.1 Å². The van der Waals surface area contributed by atoms with Crippen molar-refractivity contribution in [2.24, 2.45) is 0 Å². The largest absolute Gasteiger partial charge is 0.496 e. The maximum atomic E-state index is 6.19. The minimum Gasteiger partial charge on any atom is -0.496 e. The molecule has 4 rings (SSSR count). The highest BCUT2D eigenvalue weighted by molar-refractivity contribution is 6.31. The first-order valence-electron chi connectivity index (χ1n) is 8.94. The Kier molecular flexibility index (Phi) is 5.28. The number of hydrogen-bond acceptors (Lipinski definition) is 5. The molecule has 2 aromatic heterocycles. The molecule has 0 fully saturated rings. The van der Waals surface area contributed by atoms with Crippen LogP contribution in [0.25, 0.3) is 22.2 Å². The van der Waals surface area contributed by atoms with E-state index in [4.69, 9.17) is 25.8 Å². The van der Waals surface area contributed by atoms with E-state index in [1.165, 1.54) is 0 Å². The van der Waals surface area contributed by atoms with Crippen LogP contribution in [0.2, 0.25) is 5.02 Å². The summed E-state index contributed by atoms with van der Waals surface area (Å²) < 4.78 is 10.8.